The van der Waals surface area contributed by atoms with Crippen LogP contribution in [0.4, 0.5) is 5.00 Å². The van der Waals surface area contributed by atoms with Crippen LogP contribution < -0.4 is 5.32 Å². The lowest BCUT2D eigenvalue weighted by Gasteiger charge is -2.04. The van der Waals surface area contributed by atoms with Gasteiger partial charge in [0.1, 0.15) is 22.0 Å². The first-order chi connectivity index (χ1) is 11.5. The van der Waals surface area contributed by atoms with Crippen LogP contribution in [0.5, 0.6) is 0 Å². The molecule has 6 nitrogen and oxygen atoms in total. The fourth-order valence-electron chi connectivity index (χ4n) is 2.13. The standard InChI is InChI=1S/C16H14N2O4S2/c1-8-9(2)24-15(12(8)16(20)21-3)18-13(19)11-7-23-14(17-11)10-4-5-22-6-10/h4-7H,1-3H3,(H,18,19). The van der Waals surface area contributed by atoms with Crippen LogP contribution in [-0.2, 0) is 4.74 Å². The molecule has 124 valence electrons. The minimum Gasteiger partial charge on any atom is -0.472 e. The SMILES string of the molecule is COC(=O)c1c(NC(=O)c2csc(-c3ccoc3)n2)sc(C)c1C. The molecule has 3 rings (SSSR count). The van der Waals surface area contributed by atoms with Crippen molar-refractivity contribution < 1.29 is 18.7 Å². The number of ether oxygens (including phenoxy) is 1. The molecule has 3 aromatic heterocycles. The Hall–Kier alpha value is -2.45. The van der Waals surface area contributed by atoms with Gasteiger partial charge in [0.05, 0.1) is 18.9 Å². The summed E-state index contributed by atoms with van der Waals surface area (Å²) >= 11 is 2.69. The maximum absolute atomic E-state index is 12.4. The van der Waals surface area contributed by atoms with Crippen molar-refractivity contribution >= 4 is 39.6 Å². The van der Waals surface area contributed by atoms with Gasteiger partial charge >= 0.3 is 5.97 Å². The fourth-order valence-corrected chi connectivity index (χ4v) is 3.96. The molecule has 0 aliphatic heterocycles. The fraction of sp³-hybridized carbons (Fsp3) is 0.188. The maximum Gasteiger partial charge on any atom is 0.341 e. The van der Waals surface area contributed by atoms with Gasteiger partial charge < -0.3 is 14.5 Å². The first-order valence-electron chi connectivity index (χ1n) is 6.99. The second kappa shape index (κ2) is 6.58. The number of carbonyl (C=O) groups is 2. The highest BCUT2D eigenvalue weighted by atomic mass is 32.1. The molecule has 1 N–H and O–H groups in total. The Kier molecular flexibility index (Phi) is 4.50. The smallest absolute Gasteiger partial charge is 0.341 e. The summed E-state index contributed by atoms with van der Waals surface area (Å²) in [7, 11) is 1.32. The Morgan fingerprint density at radius 2 is 2.12 bits per heavy atom. The summed E-state index contributed by atoms with van der Waals surface area (Å²) in [4.78, 5) is 29.7. The number of nitrogens with one attached hydrogen (secondary N) is 1. The predicted molar refractivity (Wildman–Crippen MR) is 92.9 cm³/mol. The molecule has 8 heteroatoms. The van der Waals surface area contributed by atoms with Gasteiger partial charge in [0.25, 0.3) is 5.91 Å². The highest BCUT2D eigenvalue weighted by Gasteiger charge is 2.23. The van der Waals surface area contributed by atoms with E-state index in [4.69, 9.17) is 9.15 Å². The number of furan rings is 1. The first-order valence-corrected chi connectivity index (χ1v) is 8.68. The lowest BCUT2D eigenvalue weighted by molar-refractivity contribution is 0.0601. The molecule has 0 unspecified atom stereocenters. The van der Waals surface area contributed by atoms with Crippen molar-refractivity contribution in [3.8, 4) is 10.6 Å². The van der Waals surface area contributed by atoms with Gasteiger partial charge in [-0.05, 0) is 25.5 Å². The highest BCUT2D eigenvalue weighted by molar-refractivity contribution is 7.17. The van der Waals surface area contributed by atoms with Crippen LogP contribution >= 0.6 is 22.7 Å². The molecule has 0 fully saturated rings. The number of aromatic nitrogens is 1. The predicted octanol–water partition coefficient (Wildman–Crippen LogP) is 4.12. The van der Waals surface area contributed by atoms with Crippen LogP contribution in [0.3, 0.4) is 0 Å². The summed E-state index contributed by atoms with van der Waals surface area (Å²) in [6.45, 7) is 3.72. The van der Waals surface area contributed by atoms with E-state index in [1.807, 2.05) is 13.8 Å². The zero-order valence-corrected chi connectivity index (χ0v) is 14.8. The van der Waals surface area contributed by atoms with Crippen molar-refractivity contribution in [2.45, 2.75) is 13.8 Å². The summed E-state index contributed by atoms with van der Waals surface area (Å²) in [6.07, 6.45) is 3.12. The third kappa shape index (κ3) is 2.98. The second-order valence-corrected chi connectivity index (χ2v) is 7.07. The van der Waals surface area contributed by atoms with E-state index in [-0.39, 0.29) is 11.6 Å². The van der Waals surface area contributed by atoms with Gasteiger partial charge in [0, 0.05) is 15.8 Å². The molecule has 0 saturated carbocycles. The van der Waals surface area contributed by atoms with E-state index in [0.717, 1.165) is 16.0 Å². The number of carbonyl (C=O) groups excluding carboxylic acids is 2. The lowest BCUT2D eigenvalue weighted by atomic mass is 10.1. The third-order valence-corrected chi connectivity index (χ3v) is 5.52. The Morgan fingerprint density at radius 1 is 1.33 bits per heavy atom. The zero-order valence-electron chi connectivity index (χ0n) is 13.2. The molecular weight excluding hydrogens is 348 g/mol. The quantitative estimate of drug-likeness (QED) is 0.706. The number of thiazole rings is 1. The van der Waals surface area contributed by atoms with Gasteiger partial charge in [-0.25, -0.2) is 9.78 Å². The second-order valence-electron chi connectivity index (χ2n) is 4.98. The molecule has 24 heavy (non-hydrogen) atoms. The number of methoxy groups -OCH3 is 1. The molecule has 0 aliphatic rings. The Balaban J connectivity index is 1.86. The molecule has 0 saturated heterocycles. The molecule has 0 bridgehead atoms. The van der Waals surface area contributed by atoms with Crippen molar-refractivity contribution in [2.75, 3.05) is 12.4 Å². The highest BCUT2D eigenvalue weighted by Crippen LogP contribution is 2.33. The first kappa shape index (κ1) is 16.4. The largest absolute Gasteiger partial charge is 0.472 e. The van der Waals surface area contributed by atoms with E-state index in [2.05, 4.69) is 10.3 Å². The van der Waals surface area contributed by atoms with E-state index >= 15 is 0 Å². The number of esters is 1. The minimum atomic E-state index is -0.468. The van der Waals surface area contributed by atoms with E-state index in [9.17, 15) is 9.59 Å². The number of thiophene rings is 1. The van der Waals surface area contributed by atoms with Gasteiger partial charge in [-0.3, -0.25) is 4.79 Å². The molecule has 0 spiro atoms. The minimum absolute atomic E-state index is 0.288. The summed E-state index contributed by atoms with van der Waals surface area (Å²) in [5.41, 5.74) is 2.30. The number of amides is 1. The molecule has 0 aliphatic carbocycles. The average molecular weight is 362 g/mol. The Bertz CT molecular complexity index is 893. The Morgan fingerprint density at radius 3 is 2.79 bits per heavy atom. The van der Waals surface area contributed by atoms with Crippen molar-refractivity contribution in [1.82, 2.24) is 4.98 Å². The molecule has 0 atom stereocenters. The van der Waals surface area contributed by atoms with Crippen LogP contribution in [-0.4, -0.2) is 24.0 Å². The van der Waals surface area contributed by atoms with Crippen molar-refractivity contribution in [1.29, 1.82) is 0 Å². The van der Waals surface area contributed by atoms with Crippen molar-refractivity contribution in [3.63, 3.8) is 0 Å². The van der Waals surface area contributed by atoms with E-state index in [1.165, 1.54) is 29.8 Å². The number of anilines is 1. The monoisotopic (exact) mass is 362 g/mol. The van der Waals surface area contributed by atoms with Gasteiger partial charge in [-0.15, -0.1) is 22.7 Å². The van der Waals surface area contributed by atoms with Crippen LogP contribution in [0.25, 0.3) is 10.6 Å². The lowest BCUT2D eigenvalue weighted by Crippen LogP contribution is -2.14. The Labute approximate surface area is 146 Å². The van der Waals surface area contributed by atoms with E-state index < -0.39 is 5.97 Å². The van der Waals surface area contributed by atoms with Gasteiger partial charge in [-0.2, -0.15) is 0 Å². The number of hydrogen-bond acceptors (Lipinski definition) is 7. The van der Waals surface area contributed by atoms with Gasteiger partial charge in [0.15, 0.2) is 0 Å². The molecular formula is C16H14N2O4S2. The van der Waals surface area contributed by atoms with Crippen LogP contribution in [0.1, 0.15) is 31.3 Å². The van der Waals surface area contributed by atoms with E-state index in [1.54, 1.807) is 24.0 Å². The molecule has 0 radical (unpaired) electrons. The van der Waals surface area contributed by atoms with Gasteiger partial charge in [0.2, 0.25) is 0 Å². The van der Waals surface area contributed by atoms with Crippen LogP contribution in [0.2, 0.25) is 0 Å². The molecule has 0 aromatic carbocycles. The molecule has 3 aromatic rings. The van der Waals surface area contributed by atoms with Crippen molar-refractivity contribution in [3.05, 3.63) is 45.7 Å². The number of rotatable bonds is 4. The zero-order chi connectivity index (χ0) is 17.3. The summed E-state index contributed by atoms with van der Waals surface area (Å²) in [5.74, 6) is -0.836. The van der Waals surface area contributed by atoms with Crippen LogP contribution in [0, 0.1) is 13.8 Å². The maximum atomic E-state index is 12.4. The number of aryl methyl sites for hydroxylation is 1. The average Bonchev–Trinajstić information content (AvgIpc) is 3.28. The number of nitrogens with zero attached hydrogens (tertiary/aromatic N) is 1. The molecule has 1 amide bonds. The number of hydrogen-bond donors (Lipinski definition) is 1. The van der Waals surface area contributed by atoms with E-state index in [0.29, 0.717) is 15.6 Å². The summed E-state index contributed by atoms with van der Waals surface area (Å²) in [5, 5.41) is 5.60. The van der Waals surface area contributed by atoms with Crippen molar-refractivity contribution in [2.24, 2.45) is 0 Å². The van der Waals surface area contributed by atoms with Crippen LogP contribution in [0.15, 0.2) is 28.4 Å². The summed E-state index contributed by atoms with van der Waals surface area (Å²) in [6, 6.07) is 1.78. The molecule has 3 heterocycles. The third-order valence-electron chi connectivity index (χ3n) is 3.51. The summed E-state index contributed by atoms with van der Waals surface area (Å²) < 4.78 is 9.82. The normalized spacial score (nSPS) is 10.6. The topological polar surface area (TPSA) is 81.4 Å². The van der Waals surface area contributed by atoms with Gasteiger partial charge in [-0.1, -0.05) is 0 Å².